The SMILES string of the molecule is CCc1c(C(C)O)cc(-c2ccc(OC(F)(F)F)cc2)c2c1CCO2. The molecule has 1 aliphatic heterocycles. The molecule has 0 fully saturated rings. The van der Waals surface area contributed by atoms with Gasteiger partial charge in [0.15, 0.2) is 0 Å². The van der Waals surface area contributed by atoms with Crippen LogP contribution in [0, 0.1) is 0 Å². The summed E-state index contributed by atoms with van der Waals surface area (Å²) in [6.45, 7) is 4.30. The van der Waals surface area contributed by atoms with E-state index in [9.17, 15) is 18.3 Å². The van der Waals surface area contributed by atoms with E-state index in [0.29, 0.717) is 6.61 Å². The van der Waals surface area contributed by atoms with Crippen LogP contribution in [-0.4, -0.2) is 18.1 Å². The van der Waals surface area contributed by atoms with Gasteiger partial charge in [0.05, 0.1) is 12.7 Å². The summed E-state index contributed by atoms with van der Waals surface area (Å²) in [6.07, 6.45) is -3.80. The Hall–Kier alpha value is -2.21. The Kier molecular flexibility index (Phi) is 4.64. The Bertz CT molecular complexity index is 765. The van der Waals surface area contributed by atoms with Gasteiger partial charge < -0.3 is 14.6 Å². The number of halogens is 3. The van der Waals surface area contributed by atoms with Crippen LogP contribution in [0.1, 0.15) is 36.6 Å². The van der Waals surface area contributed by atoms with Crippen molar-refractivity contribution >= 4 is 0 Å². The average Bonchev–Trinajstić information content (AvgIpc) is 3.02. The molecule has 1 N–H and O–H groups in total. The molecule has 1 heterocycles. The Labute approximate surface area is 144 Å². The summed E-state index contributed by atoms with van der Waals surface area (Å²) in [5.41, 5.74) is 4.49. The molecule has 25 heavy (non-hydrogen) atoms. The van der Waals surface area contributed by atoms with Gasteiger partial charge in [-0.25, -0.2) is 0 Å². The topological polar surface area (TPSA) is 38.7 Å². The van der Waals surface area contributed by atoms with Gasteiger partial charge in [0, 0.05) is 17.5 Å². The van der Waals surface area contributed by atoms with Crippen LogP contribution < -0.4 is 9.47 Å². The molecule has 1 unspecified atom stereocenters. The first-order valence-corrected chi connectivity index (χ1v) is 8.16. The molecule has 0 amide bonds. The van der Waals surface area contributed by atoms with Crippen molar-refractivity contribution in [1.82, 2.24) is 0 Å². The highest BCUT2D eigenvalue weighted by molar-refractivity contribution is 5.76. The first-order valence-electron chi connectivity index (χ1n) is 8.16. The number of rotatable bonds is 4. The fourth-order valence-electron chi connectivity index (χ4n) is 3.31. The van der Waals surface area contributed by atoms with E-state index in [0.717, 1.165) is 46.4 Å². The summed E-state index contributed by atoms with van der Waals surface area (Å²) in [5, 5.41) is 10.1. The number of aliphatic hydroxyl groups excluding tert-OH is 1. The minimum atomic E-state index is -4.71. The fraction of sp³-hybridized carbons (Fsp3) is 0.368. The Morgan fingerprint density at radius 3 is 2.48 bits per heavy atom. The summed E-state index contributed by atoms with van der Waals surface area (Å²) in [4.78, 5) is 0. The van der Waals surface area contributed by atoms with E-state index in [-0.39, 0.29) is 5.75 Å². The first-order chi connectivity index (χ1) is 11.8. The van der Waals surface area contributed by atoms with Crippen molar-refractivity contribution < 1.29 is 27.8 Å². The average molecular weight is 352 g/mol. The van der Waals surface area contributed by atoms with Crippen molar-refractivity contribution in [2.75, 3.05) is 6.61 Å². The molecule has 1 aliphatic rings. The van der Waals surface area contributed by atoms with Crippen LogP contribution in [0.3, 0.4) is 0 Å². The minimum Gasteiger partial charge on any atom is -0.492 e. The fourth-order valence-corrected chi connectivity index (χ4v) is 3.31. The van der Waals surface area contributed by atoms with Crippen molar-refractivity contribution in [2.45, 2.75) is 39.2 Å². The van der Waals surface area contributed by atoms with Crippen LogP contribution in [-0.2, 0) is 12.8 Å². The summed E-state index contributed by atoms with van der Waals surface area (Å²) in [7, 11) is 0. The maximum absolute atomic E-state index is 12.3. The normalized spacial score (nSPS) is 14.8. The van der Waals surface area contributed by atoms with Gasteiger partial charge in [-0.05, 0) is 48.2 Å². The lowest BCUT2D eigenvalue weighted by Gasteiger charge is -2.18. The monoisotopic (exact) mass is 352 g/mol. The number of fused-ring (bicyclic) bond motifs is 1. The third-order valence-corrected chi connectivity index (χ3v) is 4.33. The molecular weight excluding hydrogens is 333 g/mol. The van der Waals surface area contributed by atoms with Crippen LogP contribution in [0.5, 0.6) is 11.5 Å². The standard InChI is InChI=1S/C19H19F3O3/c1-3-14-15-8-9-24-18(15)17(10-16(14)11(2)23)12-4-6-13(7-5-12)25-19(20,21)22/h4-7,10-11,23H,3,8-9H2,1-2H3. The zero-order chi connectivity index (χ0) is 18.2. The highest BCUT2D eigenvalue weighted by atomic mass is 19.4. The van der Waals surface area contributed by atoms with Crippen LogP contribution in [0.25, 0.3) is 11.1 Å². The van der Waals surface area contributed by atoms with Gasteiger partial charge in [0.1, 0.15) is 11.5 Å². The van der Waals surface area contributed by atoms with Gasteiger partial charge >= 0.3 is 6.36 Å². The summed E-state index contributed by atoms with van der Waals surface area (Å²) < 4.78 is 46.6. The Morgan fingerprint density at radius 1 is 1.24 bits per heavy atom. The highest BCUT2D eigenvalue weighted by Crippen LogP contribution is 2.42. The first kappa shape index (κ1) is 17.6. The van der Waals surface area contributed by atoms with Gasteiger partial charge in [0.25, 0.3) is 0 Å². The predicted molar refractivity (Wildman–Crippen MR) is 87.8 cm³/mol. The quantitative estimate of drug-likeness (QED) is 0.859. The number of hydrogen-bond acceptors (Lipinski definition) is 3. The second-order valence-electron chi connectivity index (χ2n) is 6.00. The largest absolute Gasteiger partial charge is 0.573 e. The van der Waals surface area contributed by atoms with Crippen molar-refractivity contribution in [2.24, 2.45) is 0 Å². The molecule has 0 spiro atoms. The third kappa shape index (κ3) is 3.58. The van der Waals surface area contributed by atoms with E-state index in [1.807, 2.05) is 13.0 Å². The smallest absolute Gasteiger partial charge is 0.492 e. The molecule has 2 aromatic carbocycles. The predicted octanol–water partition coefficient (Wildman–Crippen LogP) is 4.80. The lowest BCUT2D eigenvalue weighted by molar-refractivity contribution is -0.274. The molecule has 1 atom stereocenters. The van der Waals surface area contributed by atoms with E-state index >= 15 is 0 Å². The van der Waals surface area contributed by atoms with Gasteiger partial charge in [0.2, 0.25) is 0 Å². The Balaban J connectivity index is 2.05. The maximum Gasteiger partial charge on any atom is 0.573 e. The number of alkyl halides is 3. The molecule has 0 saturated heterocycles. The number of aliphatic hydroxyl groups is 1. The summed E-state index contributed by atoms with van der Waals surface area (Å²) in [6, 6.07) is 7.55. The van der Waals surface area contributed by atoms with Crippen molar-refractivity contribution in [3.63, 3.8) is 0 Å². The second kappa shape index (κ2) is 6.59. The van der Waals surface area contributed by atoms with Gasteiger partial charge in [-0.2, -0.15) is 0 Å². The molecule has 0 bridgehead atoms. The molecule has 3 rings (SSSR count). The van der Waals surface area contributed by atoms with Crippen LogP contribution in [0.4, 0.5) is 13.2 Å². The highest BCUT2D eigenvalue weighted by Gasteiger charge is 2.31. The molecular formula is C19H19F3O3. The number of hydrogen-bond donors (Lipinski definition) is 1. The molecule has 6 heteroatoms. The van der Waals surface area contributed by atoms with E-state index in [2.05, 4.69) is 4.74 Å². The van der Waals surface area contributed by atoms with E-state index in [4.69, 9.17) is 4.74 Å². The van der Waals surface area contributed by atoms with Gasteiger partial charge in [-0.15, -0.1) is 13.2 Å². The lowest BCUT2D eigenvalue weighted by atomic mass is 9.89. The molecule has 0 saturated carbocycles. The van der Waals surface area contributed by atoms with E-state index in [1.54, 1.807) is 19.1 Å². The zero-order valence-electron chi connectivity index (χ0n) is 14.0. The van der Waals surface area contributed by atoms with E-state index in [1.165, 1.54) is 12.1 Å². The second-order valence-corrected chi connectivity index (χ2v) is 6.00. The minimum absolute atomic E-state index is 0.269. The molecule has 0 aromatic heterocycles. The van der Waals surface area contributed by atoms with Gasteiger partial charge in [-0.1, -0.05) is 19.1 Å². The third-order valence-electron chi connectivity index (χ3n) is 4.33. The molecule has 2 aromatic rings. The van der Waals surface area contributed by atoms with Crippen molar-refractivity contribution in [3.05, 3.63) is 47.0 Å². The summed E-state index contributed by atoms with van der Waals surface area (Å²) in [5.74, 6) is 0.487. The molecule has 3 nitrogen and oxygen atoms in total. The van der Waals surface area contributed by atoms with E-state index < -0.39 is 12.5 Å². The van der Waals surface area contributed by atoms with Gasteiger partial charge in [-0.3, -0.25) is 0 Å². The lowest BCUT2D eigenvalue weighted by Crippen LogP contribution is -2.16. The number of benzene rings is 2. The summed E-state index contributed by atoms with van der Waals surface area (Å²) >= 11 is 0. The van der Waals surface area contributed by atoms with Crippen LogP contribution in [0.2, 0.25) is 0 Å². The maximum atomic E-state index is 12.3. The Morgan fingerprint density at radius 2 is 1.92 bits per heavy atom. The van der Waals surface area contributed by atoms with Crippen LogP contribution in [0.15, 0.2) is 30.3 Å². The van der Waals surface area contributed by atoms with Crippen LogP contribution >= 0.6 is 0 Å². The number of ether oxygens (including phenoxy) is 2. The zero-order valence-corrected chi connectivity index (χ0v) is 14.0. The molecule has 0 radical (unpaired) electrons. The molecule has 0 aliphatic carbocycles. The van der Waals surface area contributed by atoms with Crippen molar-refractivity contribution in [1.29, 1.82) is 0 Å². The molecule has 134 valence electrons. The van der Waals surface area contributed by atoms with Crippen molar-refractivity contribution in [3.8, 4) is 22.6 Å².